The fourth-order valence-electron chi connectivity index (χ4n) is 1.88. The van der Waals surface area contributed by atoms with E-state index in [0.29, 0.717) is 0 Å². The molecule has 2 aromatic rings. The molecule has 0 bridgehead atoms. The zero-order chi connectivity index (χ0) is 12.6. The third-order valence-corrected chi connectivity index (χ3v) is 3.14. The maximum Gasteiger partial charge on any atom is 0.121 e. The van der Waals surface area contributed by atoms with Crippen LogP contribution in [0.1, 0.15) is 25.7 Å². The SMILES string of the molecule is ClCCCCCCOc1ccc2cccnc2c1. The lowest BCUT2D eigenvalue weighted by Gasteiger charge is -2.06. The first-order valence-electron chi connectivity index (χ1n) is 6.44. The van der Waals surface area contributed by atoms with E-state index in [1.54, 1.807) is 6.20 Å². The maximum absolute atomic E-state index is 5.72. The van der Waals surface area contributed by atoms with Crippen molar-refractivity contribution in [3.8, 4) is 5.75 Å². The van der Waals surface area contributed by atoms with Crippen molar-refractivity contribution in [3.05, 3.63) is 36.5 Å². The average molecular weight is 264 g/mol. The molecule has 0 aliphatic carbocycles. The number of halogens is 1. The summed E-state index contributed by atoms with van der Waals surface area (Å²) in [5.41, 5.74) is 0.983. The van der Waals surface area contributed by atoms with Crippen LogP contribution in [-0.4, -0.2) is 17.5 Å². The molecule has 0 spiro atoms. The van der Waals surface area contributed by atoms with Gasteiger partial charge in [0.05, 0.1) is 12.1 Å². The van der Waals surface area contributed by atoms with Crippen LogP contribution in [0, 0.1) is 0 Å². The van der Waals surface area contributed by atoms with Crippen LogP contribution in [0.2, 0.25) is 0 Å². The number of aromatic nitrogens is 1. The molecule has 0 saturated carbocycles. The largest absolute Gasteiger partial charge is 0.494 e. The van der Waals surface area contributed by atoms with Gasteiger partial charge in [-0.2, -0.15) is 0 Å². The van der Waals surface area contributed by atoms with Gasteiger partial charge in [0.25, 0.3) is 0 Å². The summed E-state index contributed by atoms with van der Waals surface area (Å²) in [5.74, 6) is 1.66. The van der Waals surface area contributed by atoms with Gasteiger partial charge in [0.2, 0.25) is 0 Å². The minimum atomic E-state index is 0.761. The molecule has 3 heteroatoms. The number of pyridine rings is 1. The summed E-state index contributed by atoms with van der Waals surface area (Å²) >= 11 is 5.63. The first-order chi connectivity index (χ1) is 8.90. The van der Waals surface area contributed by atoms with Gasteiger partial charge in [-0.15, -0.1) is 11.6 Å². The molecule has 0 N–H and O–H groups in total. The van der Waals surface area contributed by atoms with Crippen molar-refractivity contribution in [3.63, 3.8) is 0 Å². The van der Waals surface area contributed by atoms with Gasteiger partial charge in [0.1, 0.15) is 5.75 Å². The Morgan fingerprint density at radius 3 is 2.83 bits per heavy atom. The van der Waals surface area contributed by atoms with E-state index in [2.05, 4.69) is 11.1 Å². The number of fused-ring (bicyclic) bond motifs is 1. The molecule has 1 aromatic heterocycles. The molecule has 2 rings (SSSR count). The predicted octanol–water partition coefficient (Wildman–Crippen LogP) is 4.41. The van der Waals surface area contributed by atoms with Gasteiger partial charge in [-0.05, 0) is 31.0 Å². The Hall–Kier alpha value is -1.28. The summed E-state index contributed by atoms with van der Waals surface area (Å²) in [6.07, 6.45) is 6.35. The van der Waals surface area contributed by atoms with Gasteiger partial charge in [-0.25, -0.2) is 0 Å². The number of hydrogen-bond acceptors (Lipinski definition) is 2. The molecule has 0 aliphatic rings. The Kier molecular flexibility index (Phi) is 5.28. The van der Waals surface area contributed by atoms with E-state index in [0.717, 1.165) is 42.0 Å². The smallest absolute Gasteiger partial charge is 0.121 e. The van der Waals surface area contributed by atoms with Crippen LogP contribution < -0.4 is 4.74 Å². The zero-order valence-corrected chi connectivity index (χ0v) is 11.2. The first kappa shape index (κ1) is 13.2. The highest BCUT2D eigenvalue weighted by Crippen LogP contribution is 2.19. The molecule has 96 valence electrons. The van der Waals surface area contributed by atoms with Gasteiger partial charge in [0.15, 0.2) is 0 Å². The van der Waals surface area contributed by atoms with E-state index in [4.69, 9.17) is 16.3 Å². The lowest BCUT2D eigenvalue weighted by molar-refractivity contribution is 0.305. The van der Waals surface area contributed by atoms with Crippen LogP contribution in [0.4, 0.5) is 0 Å². The van der Waals surface area contributed by atoms with Crippen molar-refractivity contribution in [2.75, 3.05) is 12.5 Å². The Morgan fingerprint density at radius 1 is 1.06 bits per heavy atom. The fraction of sp³-hybridized carbons (Fsp3) is 0.400. The molecule has 0 amide bonds. The summed E-state index contributed by atoms with van der Waals surface area (Å²) in [6, 6.07) is 10.0. The van der Waals surface area contributed by atoms with Gasteiger partial charge in [-0.3, -0.25) is 4.98 Å². The minimum Gasteiger partial charge on any atom is -0.494 e. The molecule has 0 aliphatic heterocycles. The molecule has 0 radical (unpaired) electrons. The lowest BCUT2D eigenvalue weighted by Crippen LogP contribution is -1.97. The maximum atomic E-state index is 5.72. The Balaban J connectivity index is 1.81. The molecular weight excluding hydrogens is 246 g/mol. The third kappa shape index (κ3) is 3.88. The molecule has 1 aromatic carbocycles. The molecular formula is C15H18ClNO. The van der Waals surface area contributed by atoms with Crippen LogP contribution in [-0.2, 0) is 0 Å². The zero-order valence-electron chi connectivity index (χ0n) is 10.4. The van der Waals surface area contributed by atoms with Crippen LogP contribution >= 0.6 is 11.6 Å². The highest BCUT2D eigenvalue weighted by molar-refractivity contribution is 6.17. The molecule has 0 saturated heterocycles. The van der Waals surface area contributed by atoms with E-state index < -0.39 is 0 Å². The highest BCUT2D eigenvalue weighted by Gasteiger charge is 1.98. The quantitative estimate of drug-likeness (QED) is 0.545. The molecule has 2 nitrogen and oxygen atoms in total. The van der Waals surface area contributed by atoms with Gasteiger partial charge in [-0.1, -0.05) is 18.9 Å². The highest BCUT2D eigenvalue weighted by atomic mass is 35.5. The monoisotopic (exact) mass is 263 g/mol. The molecule has 0 fully saturated rings. The number of unbranched alkanes of at least 4 members (excludes halogenated alkanes) is 3. The second-order valence-electron chi connectivity index (χ2n) is 4.31. The Bertz CT molecular complexity index is 487. The summed E-state index contributed by atoms with van der Waals surface area (Å²) in [4.78, 5) is 4.32. The molecule has 0 unspecified atom stereocenters. The van der Waals surface area contributed by atoms with Crippen LogP contribution in [0.25, 0.3) is 10.9 Å². The second kappa shape index (κ2) is 7.22. The number of benzene rings is 1. The van der Waals surface area contributed by atoms with Gasteiger partial charge < -0.3 is 4.74 Å². The Labute approximate surface area is 113 Å². The van der Waals surface area contributed by atoms with E-state index >= 15 is 0 Å². The molecule has 1 heterocycles. The van der Waals surface area contributed by atoms with Crippen molar-refractivity contribution >= 4 is 22.5 Å². The van der Waals surface area contributed by atoms with E-state index in [9.17, 15) is 0 Å². The summed E-state index contributed by atoms with van der Waals surface area (Å²) in [5, 5.41) is 1.15. The van der Waals surface area contributed by atoms with Crippen molar-refractivity contribution in [1.82, 2.24) is 4.98 Å². The van der Waals surface area contributed by atoms with Crippen molar-refractivity contribution in [2.45, 2.75) is 25.7 Å². The van der Waals surface area contributed by atoms with Crippen LogP contribution in [0.5, 0.6) is 5.75 Å². The average Bonchev–Trinajstić information content (AvgIpc) is 2.42. The summed E-state index contributed by atoms with van der Waals surface area (Å²) in [7, 11) is 0. The minimum absolute atomic E-state index is 0.761. The predicted molar refractivity (Wildman–Crippen MR) is 76.4 cm³/mol. The fourth-order valence-corrected chi connectivity index (χ4v) is 2.07. The van der Waals surface area contributed by atoms with Crippen molar-refractivity contribution < 1.29 is 4.74 Å². The topological polar surface area (TPSA) is 22.1 Å². The van der Waals surface area contributed by atoms with Crippen molar-refractivity contribution in [2.24, 2.45) is 0 Å². The summed E-state index contributed by atoms with van der Waals surface area (Å²) < 4.78 is 5.72. The number of ether oxygens (including phenoxy) is 1. The lowest BCUT2D eigenvalue weighted by atomic mass is 10.2. The second-order valence-corrected chi connectivity index (χ2v) is 4.69. The Morgan fingerprint density at radius 2 is 1.94 bits per heavy atom. The molecule has 0 atom stereocenters. The number of hydrogen-bond donors (Lipinski definition) is 0. The third-order valence-electron chi connectivity index (χ3n) is 2.87. The van der Waals surface area contributed by atoms with E-state index in [-0.39, 0.29) is 0 Å². The van der Waals surface area contributed by atoms with Gasteiger partial charge >= 0.3 is 0 Å². The van der Waals surface area contributed by atoms with E-state index in [1.807, 2.05) is 24.3 Å². The van der Waals surface area contributed by atoms with Gasteiger partial charge in [0, 0.05) is 23.5 Å². The van der Waals surface area contributed by atoms with Crippen molar-refractivity contribution in [1.29, 1.82) is 0 Å². The van der Waals surface area contributed by atoms with E-state index in [1.165, 1.54) is 12.8 Å². The number of rotatable bonds is 7. The van der Waals surface area contributed by atoms with Crippen LogP contribution in [0.15, 0.2) is 36.5 Å². The molecule has 18 heavy (non-hydrogen) atoms. The summed E-state index contributed by atoms with van der Waals surface area (Å²) in [6.45, 7) is 0.765. The number of alkyl halides is 1. The number of nitrogens with zero attached hydrogens (tertiary/aromatic N) is 1. The standard InChI is InChI=1S/C15H18ClNO/c16-9-3-1-2-4-11-18-14-8-7-13-6-5-10-17-15(13)12-14/h5-8,10,12H,1-4,9,11H2. The van der Waals surface area contributed by atoms with Crippen LogP contribution in [0.3, 0.4) is 0 Å². The normalized spacial score (nSPS) is 10.7. The first-order valence-corrected chi connectivity index (χ1v) is 6.97.